The van der Waals surface area contributed by atoms with Crippen LogP contribution >= 0.6 is 0 Å². The molecule has 0 aromatic heterocycles. The lowest BCUT2D eigenvalue weighted by Gasteiger charge is -2.35. The molecule has 0 spiro atoms. The zero-order chi connectivity index (χ0) is 18.2. The fraction of sp³-hybridized carbons (Fsp3) is 0.579. The number of amides is 1. The first kappa shape index (κ1) is 19.4. The number of rotatable bonds is 8. The maximum Gasteiger partial charge on any atom is 0.326 e. The molecule has 0 aliphatic carbocycles. The van der Waals surface area contributed by atoms with Crippen molar-refractivity contribution in [3.8, 4) is 0 Å². The van der Waals surface area contributed by atoms with Crippen molar-refractivity contribution in [2.45, 2.75) is 64.1 Å². The summed E-state index contributed by atoms with van der Waals surface area (Å²) >= 11 is 0. The average molecular weight is 350 g/mol. The number of halogens is 1. The first-order valence-electron chi connectivity index (χ1n) is 9.03. The molecule has 0 bridgehead atoms. The van der Waals surface area contributed by atoms with E-state index in [1.807, 2.05) is 6.92 Å². The summed E-state index contributed by atoms with van der Waals surface area (Å²) in [5.41, 5.74) is 0.946. The molecule has 2 rings (SSSR count). The summed E-state index contributed by atoms with van der Waals surface area (Å²) in [6.07, 6.45) is 4.77. The molecule has 0 saturated carbocycles. The number of hydrogen-bond acceptors (Lipinski definition) is 3. The van der Waals surface area contributed by atoms with Crippen LogP contribution in [0.2, 0.25) is 0 Å². The summed E-state index contributed by atoms with van der Waals surface area (Å²) < 4.78 is 13.1. The van der Waals surface area contributed by atoms with E-state index in [-0.39, 0.29) is 17.8 Å². The van der Waals surface area contributed by atoms with Crippen molar-refractivity contribution in [3.05, 3.63) is 35.6 Å². The van der Waals surface area contributed by atoms with E-state index in [1.165, 1.54) is 12.1 Å². The summed E-state index contributed by atoms with van der Waals surface area (Å²) in [4.78, 5) is 26.1. The van der Waals surface area contributed by atoms with Crippen LogP contribution in [-0.4, -0.2) is 40.5 Å². The Kier molecular flexibility index (Phi) is 7.37. The number of carboxylic acid groups (broad SMARTS) is 1. The van der Waals surface area contributed by atoms with E-state index in [4.69, 9.17) is 0 Å². The minimum absolute atomic E-state index is 0.217. The molecule has 2 N–H and O–H groups in total. The lowest BCUT2D eigenvalue weighted by molar-refractivity contribution is -0.143. The van der Waals surface area contributed by atoms with Crippen LogP contribution < -0.4 is 5.32 Å². The summed E-state index contributed by atoms with van der Waals surface area (Å²) in [5, 5.41) is 12.0. The molecule has 0 radical (unpaired) electrons. The van der Waals surface area contributed by atoms with E-state index in [0.29, 0.717) is 19.4 Å². The first-order chi connectivity index (χ1) is 12.0. The minimum Gasteiger partial charge on any atom is -0.480 e. The highest BCUT2D eigenvalue weighted by Crippen LogP contribution is 2.20. The Hall–Kier alpha value is -1.95. The lowest BCUT2D eigenvalue weighted by Crippen LogP contribution is -2.53. The van der Waals surface area contributed by atoms with Crippen LogP contribution in [0.4, 0.5) is 4.39 Å². The highest BCUT2D eigenvalue weighted by Gasteiger charge is 2.31. The Balaban J connectivity index is 2.01. The quantitative estimate of drug-likeness (QED) is 0.756. The van der Waals surface area contributed by atoms with Gasteiger partial charge in [-0.2, -0.15) is 0 Å². The topological polar surface area (TPSA) is 69.6 Å². The number of benzene rings is 1. The highest BCUT2D eigenvalue weighted by atomic mass is 19.1. The standard InChI is InChI=1S/C19H27FN2O3/c1-2-3-6-16(19(24)25)21-18(23)17-7-4-5-12-22(17)13-14-8-10-15(20)11-9-14/h8-11,16-17H,2-7,12-13H2,1H3,(H,21,23)(H,24,25). The van der Waals surface area contributed by atoms with Gasteiger partial charge in [-0.1, -0.05) is 38.3 Å². The SMILES string of the molecule is CCCCC(NC(=O)C1CCCCN1Cc1ccc(F)cc1)C(=O)O. The molecule has 1 aliphatic heterocycles. The number of nitrogens with one attached hydrogen (secondary N) is 1. The largest absolute Gasteiger partial charge is 0.480 e. The normalized spacial score (nSPS) is 19.4. The van der Waals surface area contributed by atoms with Gasteiger partial charge in [-0.05, 0) is 43.5 Å². The van der Waals surface area contributed by atoms with Crippen LogP contribution in [0.3, 0.4) is 0 Å². The number of piperidine rings is 1. The Morgan fingerprint density at radius 1 is 1.32 bits per heavy atom. The van der Waals surface area contributed by atoms with Crippen LogP contribution in [0.15, 0.2) is 24.3 Å². The number of unbranched alkanes of at least 4 members (excludes halogenated alkanes) is 1. The second kappa shape index (κ2) is 9.51. The number of hydrogen-bond donors (Lipinski definition) is 2. The van der Waals surface area contributed by atoms with Gasteiger partial charge in [0.2, 0.25) is 5.91 Å². The molecule has 6 heteroatoms. The summed E-state index contributed by atoms with van der Waals surface area (Å²) in [6.45, 7) is 3.33. The average Bonchev–Trinajstić information content (AvgIpc) is 2.60. The van der Waals surface area contributed by atoms with Crippen LogP contribution in [0.25, 0.3) is 0 Å². The zero-order valence-corrected chi connectivity index (χ0v) is 14.7. The van der Waals surface area contributed by atoms with Gasteiger partial charge in [-0.15, -0.1) is 0 Å². The molecule has 1 fully saturated rings. The molecule has 1 saturated heterocycles. The van der Waals surface area contributed by atoms with E-state index in [9.17, 15) is 19.1 Å². The highest BCUT2D eigenvalue weighted by molar-refractivity contribution is 5.87. The minimum atomic E-state index is -0.984. The van der Waals surface area contributed by atoms with Gasteiger partial charge in [0.05, 0.1) is 6.04 Å². The maximum atomic E-state index is 13.1. The fourth-order valence-corrected chi connectivity index (χ4v) is 3.24. The number of carbonyl (C=O) groups excluding carboxylic acids is 1. The van der Waals surface area contributed by atoms with Gasteiger partial charge < -0.3 is 10.4 Å². The van der Waals surface area contributed by atoms with Crippen molar-refractivity contribution in [2.75, 3.05) is 6.54 Å². The summed E-state index contributed by atoms with van der Waals surface area (Å²) in [7, 11) is 0. The fourth-order valence-electron chi connectivity index (χ4n) is 3.24. The third kappa shape index (κ3) is 5.81. The van der Waals surface area contributed by atoms with E-state index < -0.39 is 12.0 Å². The predicted molar refractivity (Wildman–Crippen MR) is 93.5 cm³/mol. The molecule has 2 unspecified atom stereocenters. The predicted octanol–water partition coefficient (Wildman–Crippen LogP) is 2.94. The molecule has 1 amide bonds. The second-order valence-electron chi connectivity index (χ2n) is 6.65. The Labute approximate surface area is 148 Å². The molecule has 138 valence electrons. The van der Waals surface area contributed by atoms with E-state index in [0.717, 1.165) is 37.8 Å². The van der Waals surface area contributed by atoms with E-state index in [2.05, 4.69) is 10.2 Å². The van der Waals surface area contributed by atoms with Gasteiger partial charge in [-0.25, -0.2) is 9.18 Å². The van der Waals surface area contributed by atoms with Crippen molar-refractivity contribution in [3.63, 3.8) is 0 Å². The van der Waals surface area contributed by atoms with Gasteiger partial charge in [0.15, 0.2) is 0 Å². The molecule has 5 nitrogen and oxygen atoms in total. The molecule has 25 heavy (non-hydrogen) atoms. The number of carbonyl (C=O) groups is 2. The zero-order valence-electron chi connectivity index (χ0n) is 14.7. The van der Waals surface area contributed by atoms with Crippen molar-refractivity contribution >= 4 is 11.9 Å². The monoisotopic (exact) mass is 350 g/mol. The van der Waals surface area contributed by atoms with Crippen molar-refractivity contribution in [1.82, 2.24) is 10.2 Å². The van der Waals surface area contributed by atoms with Gasteiger partial charge >= 0.3 is 5.97 Å². The molecular formula is C19H27FN2O3. The lowest BCUT2D eigenvalue weighted by atomic mass is 9.99. The molecular weight excluding hydrogens is 323 g/mol. The van der Waals surface area contributed by atoms with Crippen LogP contribution in [-0.2, 0) is 16.1 Å². The first-order valence-corrected chi connectivity index (χ1v) is 9.03. The Morgan fingerprint density at radius 3 is 2.68 bits per heavy atom. The van der Waals surface area contributed by atoms with Gasteiger partial charge in [-0.3, -0.25) is 9.69 Å². The van der Waals surface area contributed by atoms with Gasteiger partial charge in [0.1, 0.15) is 11.9 Å². The van der Waals surface area contributed by atoms with E-state index in [1.54, 1.807) is 12.1 Å². The Bertz CT molecular complexity index is 577. The van der Waals surface area contributed by atoms with Crippen molar-refractivity contribution < 1.29 is 19.1 Å². The van der Waals surface area contributed by atoms with Crippen LogP contribution in [0, 0.1) is 5.82 Å². The molecule has 1 aromatic rings. The molecule has 2 atom stereocenters. The third-order valence-electron chi connectivity index (χ3n) is 4.68. The van der Waals surface area contributed by atoms with Crippen LogP contribution in [0.1, 0.15) is 51.0 Å². The molecule has 1 heterocycles. The summed E-state index contributed by atoms with van der Waals surface area (Å²) in [6, 6.07) is 5.11. The molecule has 1 aliphatic rings. The van der Waals surface area contributed by atoms with Crippen LogP contribution in [0.5, 0.6) is 0 Å². The van der Waals surface area contributed by atoms with E-state index >= 15 is 0 Å². The Morgan fingerprint density at radius 2 is 2.04 bits per heavy atom. The number of likely N-dealkylation sites (tertiary alicyclic amines) is 1. The smallest absolute Gasteiger partial charge is 0.326 e. The summed E-state index contributed by atoms with van der Waals surface area (Å²) in [5.74, 6) is -1.48. The van der Waals surface area contributed by atoms with Crippen molar-refractivity contribution in [2.24, 2.45) is 0 Å². The second-order valence-corrected chi connectivity index (χ2v) is 6.65. The third-order valence-corrected chi connectivity index (χ3v) is 4.68. The van der Waals surface area contributed by atoms with Gasteiger partial charge in [0.25, 0.3) is 0 Å². The molecule has 1 aromatic carbocycles. The van der Waals surface area contributed by atoms with Gasteiger partial charge in [0, 0.05) is 6.54 Å². The van der Waals surface area contributed by atoms with Crippen molar-refractivity contribution in [1.29, 1.82) is 0 Å². The number of carboxylic acids is 1. The number of aliphatic carboxylic acids is 1. The number of nitrogens with zero attached hydrogens (tertiary/aromatic N) is 1. The maximum absolute atomic E-state index is 13.1.